The van der Waals surface area contributed by atoms with Crippen molar-refractivity contribution in [2.24, 2.45) is 11.7 Å². The molecule has 0 saturated heterocycles. The average Bonchev–Trinajstić information content (AvgIpc) is 3.14. The average molecular weight is 397 g/mol. The molecule has 0 aliphatic heterocycles. The number of primary amides is 1. The van der Waals surface area contributed by atoms with Crippen LogP contribution in [-0.4, -0.2) is 46.1 Å². The number of anilines is 1. The van der Waals surface area contributed by atoms with Crippen molar-refractivity contribution in [1.82, 2.24) is 20.3 Å². The molecule has 0 bridgehead atoms. The zero-order valence-corrected chi connectivity index (χ0v) is 15.8. The fourth-order valence-electron chi connectivity index (χ4n) is 2.71. The summed E-state index contributed by atoms with van der Waals surface area (Å²) < 4.78 is 13.5. The van der Waals surface area contributed by atoms with Gasteiger partial charge in [-0.05, 0) is 18.2 Å². The van der Waals surface area contributed by atoms with Gasteiger partial charge in [0.25, 0.3) is 5.91 Å². The first kappa shape index (κ1) is 19.9. The lowest BCUT2D eigenvalue weighted by Crippen LogP contribution is -2.34. The minimum Gasteiger partial charge on any atom is -0.387 e. The van der Waals surface area contributed by atoms with Gasteiger partial charge in [-0.15, -0.1) is 0 Å². The van der Waals surface area contributed by atoms with Crippen LogP contribution < -0.4 is 16.4 Å². The summed E-state index contributed by atoms with van der Waals surface area (Å²) in [6, 6.07) is 4.02. The van der Waals surface area contributed by atoms with Crippen LogP contribution in [0.1, 0.15) is 28.5 Å². The van der Waals surface area contributed by atoms with E-state index in [1.54, 1.807) is 14.0 Å². The summed E-state index contributed by atoms with van der Waals surface area (Å²) in [4.78, 5) is 35.1. The van der Waals surface area contributed by atoms with Gasteiger partial charge in [0.1, 0.15) is 17.0 Å². The molecule has 0 aliphatic rings. The van der Waals surface area contributed by atoms with Crippen LogP contribution >= 0.6 is 0 Å². The van der Waals surface area contributed by atoms with E-state index in [0.717, 1.165) is 0 Å². The second-order valence-electron chi connectivity index (χ2n) is 6.48. The molecular weight excluding hydrogens is 377 g/mol. The Morgan fingerprint density at radius 2 is 2.10 bits per heavy atom. The van der Waals surface area contributed by atoms with E-state index in [0.29, 0.717) is 16.9 Å². The smallest absolute Gasteiger partial charge is 0.255 e. The number of aromatic nitrogens is 3. The molecule has 2 amide bonds. The fraction of sp³-hybridized carbons (Fsp3) is 0.211. The van der Waals surface area contributed by atoms with Gasteiger partial charge < -0.3 is 21.4 Å². The van der Waals surface area contributed by atoms with Crippen LogP contribution in [-0.2, 0) is 4.79 Å². The maximum absolute atomic E-state index is 13.5. The van der Waals surface area contributed by atoms with Crippen molar-refractivity contribution in [3.63, 3.8) is 0 Å². The lowest BCUT2D eigenvalue weighted by molar-refractivity contribution is -0.121. The van der Waals surface area contributed by atoms with E-state index >= 15 is 0 Å². The Bertz CT molecular complexity index is 1110. The summed E-state index contributed by atoms with van der Waals surface area (Å²) in [6.45, 7) is 1.70. The molecule has 1 aromatic carbocycles. The van der Waals surface area contributed by atoms with E-state index in [1.807, 2.05) is 0 Å². The Morgan fingerprint density at radius 3 is 2.79 bits per heavy atom. The minimum atomic E-state index is -0.516. The topological polar surface area (TPSA) is 150 Å². The molecule has 6 N–H and O–H groups in total. The van der Waals surface area contributed by atoms with E-state index < -0.39 is 23.5 Å². The van der Waals surface area contributed by atoms with Gasteiger partial charge in [-0.2, -0.15) is 0 Å². The molecule has 2 aromatic heterocycles. The lowest BCUT2D eigenvalue weighted by atomic mass is 10.1. The van der Waals surface area contributed by atoms with Gasteiger partial charge in [0.2, 0.25) is 5.91 Å². The molecule has 0 fully saturated rings. The van der Waals surface area contributed by atoms with Crippen molar-refractivity contribution in [3.8, 4) is 0 Å². The van der Waals surface area contributed by atoms with Crippen LogP contribution in [0.2, 0.25) is 0 Å². The molecule has 1 atom stereocenters. The molecule has 3 aromatic rings. The highest BCUT2D eigenvalue weighted by Gasteiger charge is 2.19. The second-order valence-corrected chi connectivity index (χ2v) is 6.48. The van der Waals surface area contributed by atoms with Gasteiger partial charge in [-0.3, -0.25) is 15.0 Å². The molecule has 0 spiro atoms. The van der Waals surface area contributed by atoms with Gasteiger partial charge in [-0.25, -0.2) is 14.4 Å². The first-order valence-electron chi connectivity index (χ1n) is 8.80. The number of carbonyl (C=O) groups is 2. The Kier molecular flexibility index (Phi) is 5.53. The van der Waals surface area contributed by atoms with Crippen LogP contribution in [0.15, 0.2) is 30.6 Å². The van der Waals surface area contributed by atoms with Crippen LogP contribution in [0.3, 0.4) is 0 Å². The molecular formula is C19H20FN7O2. The Labute approximate surface area is 165 Å². The zero-order valence-electron chi connectivity index (χ0n) is 15.8. The molecule has 150 valence electrons. The summed E-state index contributed by atoms with van der Waals surface area (Å²) in [5.41, 5.74) is 7.22. The number of rotatable bonds is 7. The standard InChI is InChI=1S/C19H20FN7O2/c1-9(17(22)28)6-26-19(29)12-7-24-18-16(12)27-14(8-25-18)15(21)11-4-3-10(20)5-13(11)23-2/h3-5,7-9,21,23H,6H2,1-2H3,(H2,22,28)(H,24,25)(H,26,29)/t9-/m1/s1. The normalized spacial score (nSPS) is 11.8. The summed E-state index contributed by atoms with van der Waals surface area (Å²) >= 11 is 0. The zero-order chi connectivity index (χ0) is 21.1. The van der Waals surface area contributed by atoms with Crippen LogP contribution in [0.25, 0.3) is 11.2 Å². The largest absolute Gasteiger partial charge is 0.387 e. The molecule has 0 saturated carbocycles. The van der Waals surface area contributed by atoms with Crippen LogP contribution in [0.4, 0.5) is 10.1 Å². The number of H-pyrrole nitrogens is 1. The van der Waals surface area contributed by atoms with Crippen molar-refractivity contribution < 1.29 is 14.0 Å². The minimum absolute atomic E-state index is 0.0265. The van der Waals surface area contributed by atoms with E-state index in [9.17, 15) is 14.0 Å². The third kappa shape index (κ3) is 4.05. The maximum atomic E-state index is 13.5. The van der Waals surface area contributed by atoms with E-state index in [-0.39, 0.29) is 29.0 Å². The first-order valence-corrected chi connectivity index (χ1v) is 8.80. The lowest BCUT2D eigenvalue weighted by Gasteiger charge is -2.10. The third-order valence-electron chi connectivity index (χ3n) is 4.46. The predicted octanol–water partition coefficient (Wildman–Crippen LogP) is 1.41. The van der Waals surface area contributed by atoms with Crippen molar-refractivity contribution in [2.75, 3.05) is 18.9 Å². The molecule has 10 heteroatoms. The van der Waals surface area contributed by atoms with Crippen LogP contribution in [0, 0.1) is 17.1 Å². The number of nitrogens with zero attached hydrogens (tertiary/aromatic N) is 2. The SMILES string of the molecule is CNc1cc(F)ccc1C(=N)c1cnc2[nH]cc(C(=O)NC[C@@H](C)C(N)=O)c2n1. The van der Waals surface area contributed by atoms with E-state index in [2.05, 4.69) is 25.6 Å². The van der Waals surface area contributed by atoms with Gasteiger partial charge in [0.05, 0.1) is 23.4 Å². The van der Waals surface area contributed by atoms with Crippen molar-refractivity contribution >= 4 is 34.4 Å². The molecule has 9 nitrogen and oxygen atoms in total. The Balaban J connectivity index is 1.92. The summed E-state index contributed by atoms with van der Waals surface area (Å²) in [5.74, 6) is -1.90. The number of nitrogens with two attached hydrogens (primary N) is 1. The van der Waals surface area contributed by atoms with Gasteiger partial charge in [-0.1, -0.05) is 6.92 Å². The third-order valence-corrected chi connectivity index (χ3v) is 4.46. The maximum Gasteiger partial charge on any atom is 0.255 e. The summed E-state index contributed by atoms with van der Waals surface area (Å²) in [6.07, 6.45) is 2.86. The Hall–Kier alpha value is -3.82. The van der Waals surface area contributed by atoms with Gasteiger partial charge >= 0.3 is 0 Å². The fourth-order valence-corrected chi connectivity index (χ4v) is 2.71. The van der Waals surface area contributed by atoms with Crippen LogP contribution in [0.5, 0.6) is 0 Å². The predicted molar refractivity (Wildman–Crippen MR) is 106 cm³/mol. The quantitative estimate of drug-likeness (QED) is 0.382. The summed E-state index contributed by atoms with van der Waals surface area (Å²) in [5, 5.41) is 13.9. The summed E-state index contributed by atoms with van der Waals surface area (Å²) in [7, 11) is 1.63. The number of nitrogens with one attached hydrogen (secondary N) is 4. The number of amides is 2. The number of hydrogen-bond donors (Lipinski definition) is 5. The Morgan fingerprint density at radius 1 is 1.34 bits per heavy atom. The molecule has 2 heterocycles. The molecule has 0 aliphatic carbocycles. The molecule has 0 radical (unpaired) electrons. The van der Waals surface area contributed by atoms with Crippen molar-refractivity contribution in [3.05, 3.63) is 53.2 Å². The van der Waals surface area contributed by atoms with Gasteiger partial charge in [0.15, 0.2) is 5.65 Å². The highest BCUT2D eigenvalue weighted by molar-refractivity contribution is 6.14. The highest BCUT2D eigenvalue weighted by Crippen LogP contribution is 2.21. The number of halogens is 1. The van der Waals surface area contributed by atoms with E-state index in [4.69, 9.17) is 11.1 Å². The number of carbonyl (C=O) groups excluding carboxylic acids is 2. The second kappa shape index (κ2) is 8.05. The first-order chi connectivity index (χ1) is 13.8. The molecule has 0 unspecified atom stereocenters. The molecule has 29 heavy (non-hydrogen) atoms. The number of benzene rings is 1. The van der Waals surface area contributed by atoms with Crippen molar-refractivity contribution in [2.45, 2.75) is 6.92 Å². The molecule has 3 rings (SSSR count). The van der Waals surface area contributed by atoms with E-state index in [1.165, 1.54) is 30.6 Å². The number of hydrogen-bond acceptors (Lipinski definition) is 6. The number of fused-ring (bicyclic) bond motifs is 1. The highest BCUT2D eigenvalue weighted by atomic mass is 19.1. The monoisotopic (exact) mass is 397 g/mol. The number of aromatic amines is 1. The van der Waals surface area contributed by atoms with Gasteiger partial charge in [0, 0.05) is 31.0 Å². The van der Waals surface area contributed by atoms with Crippen molar-refractivity contribution in [1.29, 1.82) is 5.41 Å².